The van der Waals surface area contributed by atoms with Gasteiger partial charge in [0.05, 0.1) is 0 Å². The smallest absolute Gasteiger partial charge is 0.221 e. The van der Waals surface area contributed by atoms with Gasteiger partial charge >= 0.3 is 0 Å². The molecule has 88 valence electrons. The van der Waals surface area contributed by atoms with Crippen LogP contribution in [0.4, 0.5) is 5.69 Å². The monoisotopic (exact) mass is 220 g/mol. The van der Waals surface area contributed by atoms with Crippen LogP contribution in [0.5, 0.6) is 0 Å². The third-order valence-electron chi connectivity index (χ3n) is 2.14. The van der Waals surface area contributed by atoms with E-state index in [2.05, 4.69) is 31.4 Å². The van der Waals surface area contributed by atoms with Crippen LogP contribution in [0.15, 0.2) is 24.3 Å². The molecule has 1 amide bonds. The van der Waals surface area contributed by atoms with Crippen LogP contribution >= 0.6 is 0 Å². The summed E-state index contributed by atoms with van der Waals surface area (Å²) in [6.07, 6.45) is 0. The molecule has 2 N–H and O–H groups in total. The summed E-state index contributed by atoms with van der Waals surface area (Å²) in [6, 6.07) is 7.84. The van der Waals surface area contributed by atoms with Crippen molar-refractivity contribution in [3.05, 3.63) is 29.8 Å². The van der Waals surface area contributed by atoms with Crippen LogP contribution in [0.2, 0.25) is 0 Å². The molecule has 0 aliphatic heterocycles. The van der Waals surface area contributed by atoms with Crippen molar-refractivity contribution >= 4 is 11.6 Å². The summed E-state index contributed by atoms with van der Waals surface area (Å²) in [6.45, 7) is 8.63. The molecule has 0 aliphatic rings. The molecule has 16 heavy (non-hydrogen) atoms. The number of hydrogen-bond acceptors (Lipinski definition) is 2. The summed E-state index contributed by atoms with van der Waals surface area (Å²) in [5.74, 6) is -0.0387. The molecule has 0 fully saturated rings. The fourth-order valence-electron chi connectivity index (χ4n) is 1.35. The lowest BCUT2D eigenvalue weighted by Gasteiger charge is -2.21. The number of anilines is 1. The average Bonchev–Trinajstić information content (AvgIpc) is 2.14. The van der Waals surface area contributed by atoms with Crippen molar-refractivity contribution in [3.8, 4) is 0 Å². The average molecular weight is 220 g/mol. The minimum atomic E-state index is -0.0387. The lowest BCUT2D eigenvalue weighted by Crippen LogP contribution is -2.35. The minimum absolute atomic E-state index is 0.0387. The summed E-state index contributed by atoms with van der Waals surface area (Å²) in [4.78, 5) is 11.0. The normalized spacial score (nSPS) is 11.2. The Morgan fingerprint density at radius 3 is 2.44 bits per heavy atom. The van der Waals surface area contributed by atoms with Gasteiger partial charge in [0.1, 0.15) is 0 Å². The van der Waals surface area contributed by atoms with Crippen molar-refractivity contribution in [2.75, 3.05) is 5.32 Å². The lowest BCUT2D eigenvalue weighted by atomic mass is 10.1. The lowest BCUT2D eigenvalue weighted by molar-refractivity contribution is -0.114. The number of amides is 1. The summed E-state index contributed by atoms with van der Waals surface area (Å²) in [5, 5.41) is 6.23. The first-order valence-corrected chi connectivity index (χ1v) is 5.49. The van der Waals surface area contributed by atoms with E-state index in [1.807, 2.05) is 24.3 Å². The molecule has 0 radical (unpaired) electrons. The van der Waals surface area contributed by atoms with Crippen LogP contribution < -0.4 is 10.6 Å². The molecule has 0 spiro atoms. The topological polar surface area (TPSA) is 41.1 Å². The van der Waals surface area contributed by atoms with Gasteiger partial charge in [0.15, 0.2) is 0 Å². The van der Waals surface area contributed by atoms with Gasteiger partial charge in [-0.2, -0.15) is 0 Å². The molecule has 0 heterocycles. The Balaban J connectivity index is 2.75. The van der Waals surface area contributed by atoms with Crippen LogP contribution in [0.1, 0.15) is 33.3 Å². The zero-order valence-corrected chi connectivity index (χ0v) is 10.4. The Bertz CT molecular complexity index is 366. The summed E-state index contributed by atoms with van der Waals surface area (Å²) in [7, 11) is 0. The van der Waals surface area contributed by atoms with Gasteiger partial charge in [-0.25, -0.2) is 0 Å². The van der Waals surface area contributed by atoms with Gasteiger partial charge < -0.3 is 10.6 Å². The number of rotatable bonds is 3. The maximum atomic E-state index is 11.0. The van der Waals surface area contributed by atoms with Gasteiger partial charge in [0.2, 0.25) is 5.91 Å². The molecule has 0 aromatic heterocycles. The van der Waals surface area contributed by atoms with E-state index in [0.717, 1.165) is 17.8 Å². The Labute approximate surface area is 97.2 Å². The molecule has 0 atom stereocenters. The number of carbonyl (C=O) groups is 1. The number of benzene rings is 1. The van der Waals surface area contributed by atoms with Crippen LogP contribution in [0.3, 0.4) is 0 Å². The van der Waals surface area contributed by atoms with E-state index in [0.29, 0.717) is 0 Å². The Kier molecular flexibility index (Phi) is 4.07. The number of carbonyl (C=O) groups excluding carboxylic acids is 1. The molecule has 0 bridgehead atoms. The van der Waals surface area contributed by atoms with E-state index in [9.17, 15) is 4.79 Å². The van der Waals surface area contributed by atoms with Crippen molar-refractivity contribution in [2.45, 2.75) is 39.8 Å². The van der Waals surface area contributed by atoms with Gasteiger partial charge in [-0.3, -0.25) is 4.79 Å². The Morgan fingerprint density at radius 2 is 1.88 bits per heavy atom. The predicted octanol–water partition coefficient (Wildman–Crippen LogP) is 2.53. The van der Waals surface area contributed by atoms with Crippen LogP contribution in [-0.2, 0) is 11.3 Å². The maximum absolute atomic E-state index is 11.0. The van der Waals surface area contributed by atoms with Crippen LogP contribution in [0.25, 0.3) is 0 Å². The van der Waals surface area contributed by atoms with E-state index < -0.39 is 0 Å². The molecule has 0 saturated carbocycles. The van der Waals surface area contributed by atoms with Crippen molar-refractivity contribution in [3.63, 3.8) is 0 Å². The minimum Gasteiger partial charge on any atom is -0.326 e. The molecule has 1 aromatic rings. The molecular weight excluding hydrogens is 200 g/mol. The molecule has 1 rings (SSSR count). The third-order valence-corrected chi connectivity index (χ3v) is 2.14. The van der Waals surface area contributed by atoms with E-state index in [-0.39, 0.29) is 11.4 Å². The highest BCUT2D eigenvalue weighted by Crippen LogP contribution is 2.15. The van der Waals surface area contributed by atoms with E-state index >= 15 is 0 Å². The Morgan fingerprint density at radius 1 is 1.25 bits per heavy atom. The molecule has 0 saturated heterocycles. The first-order chi connectivity index (χ1) is 7.38. The Hall–Kier alpha value is -1.35. The van der Waals surface area contributed by atoms with Crippen molar-refractivity contribution in [1.29, 1.82) is 0 Å². The van der Waals surface area contributed by atoms with Crippen molar-refractivity contribution in [2.24, 2.45) is 0 Å². The van der Waals surface area contributed by atoms with Gasteiger partial charge in [0, 0.05) is 24.7 Å². The second-order valence-electron chi connectivity index (χ2n) is 4.94. The quantitative estimate of drug-likeness (QED) is 0.822. The third kappa shape index (κ3) is 4.45. The standard InChI is InChI=1S/C13H20N2O/c1-10(16)15-12-8-6-5-7-11(12)9-14-13(2,3)4/h5-8,14H,9H2,1-4H3,(H,15,16). The van der Waals surface area contributed by atoms with Gasteiger partial charge in [-0.1, -0.05) is 18.2 Å². The fourth-order valence-corrected chi connectivity index (χ4v) is 1.35. The van der Waals surface area contributed by atoms with Crippen LogP contribution in [-0.4, -0.2) is 11.4 Å². The molecule has 1 aromatic carbocycles. The summed E-state index contributed by atoms with van der Waals surface area (Å²) < 4.78 is 0. The van der Waals surface area contributed by atoms with Gasteiger partial charge in [0.25, 0.3) is 0 Å². The SMILES string of the molecule is CC(=O)Nc1ccccc1CNC(C)(C)C. The van der Waals surface area contributed by atoms with Gasteiger partial charge in [-0.05, 0) is 32.4 Å². The zero-order chi connectivity index (χ0) is 12.2. The van der Waals surface area contributed by atoms with E-state index in [4.69, 9.17) is 0 Å². The van der Waals surface area contributed by atoms with E-state index in [1.165, 1.54) is 6.92 Å². The maximum Gasteiger partial charge on any atom is 0.221 e. The largest absolute Gasteiger partial charge is 0.326 e. The number of nitrogens with one attached hydrogen (secondary N) is 2. The number of hydrogen-bond donors (Lipinski definition) is 2. The van der Waals surface area contributed by atoms with Crippen molar-refractivity contribution < 1.29 is 4.79 Å². The van der Waals surface area contributed by atoms with E-state index in [1.54, 1.807) is 0 Å². The highest BCUT2D eigenvalue weighted by atomic mass is 16.1. The molecule has 0 unspecified atom stereocenters. The summed E-state index contributed by atoms with van der Waals surface area (Å²) >= 11 is 0. The molecule has 3 nitrogen and oxygen atoms in total. The molecule has 3 heteroatoms. The summed E-state index contributed by atoms with van der Waals surface area (Å²) in [5.41, 5.74) is 2.06. The number of para-hydroxylation sites is 1. The second-order valence-corrected chi connectivity index (χ2v) is 4.94. The molecule has 0 aliphatic carbocycles. The first kappa shape index (κ1) is 12.7. The first-order valence-electron chi connectivity index (χ1n) is 5.49. The highest BCUT2D eigenvalue weighted by molar-refractivity contribution is 5.89. The second kappa shape index (κ2) is 5.12. The predicted molar refractivity (Wildman–Crippen MR) is 67.3 cm³/mol. The van der Waals surface area contributed by atoms with Crippen molar-refractivity contribution in [1.82, 2.24) is 5.32 Å². The zero-order valence-electron chi connectivity index (χ0n) is 10.4. The highest BCUT2D eigenvalue weighted by Gasteiger charge is 2.10. The fraction of sp³-hybridized carbons (Fsp3) is 0.462. The van der Waals surface area contributed by atoms with Crippen LogP contribution in [0, 0.1) is 0 Å². The molecular formula is C13H20N2O. The van der Waals surface area contributed by atoms with Gasteiger partial charge in [-0.15, -0.1) is 0 Å².